The molecular weight excluding hydrogens is 303 g/mol. The van der Waals surface area contributed by atoms with Gasteiger partial charge < -0.3 is 4.42 Å². The summed E-state index contributed by atoms with van der Waals surface area (Å²) >= 11 is 2.21. The summed E-state index contributed by atoms with van der Waals surface area (Å²) in [5, 5.41) is 0. The molecule has 0 saturated heterocycles. The third-order valence-electron chi connectivity index (χ3n) is 2.08. The molecule has 0 N–H and O–H groups in total. The molecule has 1 aromatic heterocycles. The number of rotatable bonds is 3. The first kappa shape index (κ1) is 10.4. The molecule has 0 bridgehead atoms. The van der Waals surface area contributed by atoms with Gasteiger partial charge in [-0.05, 0) is 46.9 Å². The van der Waals surface area contributed by atoms with E-state index in [2.05, 4.69) is 22.6 Å². The molecule has 76 valence electrons. The molecule has 0 aliphatic rings. The van der Waals surface area contributed by atoms with Crippen molar-refractivity contribution >= 4 is 28.4 Å². The first-order chi connectivity index (χ1) is 7.25. The van der Waals surface area contributed by atoms with Crippen LogP contribution in [-0.4, -0.2) is 5.78 Å². The van der Waals surface area contributed by atoms with Gasteiger partial charge >= 0.3 is 0 Å². The molecule has 0 radical (unpaired) electrons. The Morgan fingerprint density at radius 2 is 1.93 bits per heavy atom. The van der Waals surface area contributed by atoms with E-state index in [0.717, 1.165) is 9.13 Å². The van der Waals surface area contributed by atoms with E-state index in [1.807, 2.05) is 30.3 Å². The molecule has 1 aromatic carbocycles. The van der Waals surface area contributed by atoms with Crippen molar-refractivity contribution < 1.29 is 9.21 Å². The highest BCUT2D eigenvalue weighted by Crippen LogP contribution is 2.10. The van der Waals surface area contributed by atoms with E-state index >= 15 is 0 Å². The molecule has 0 fully saturated rings. The van der Waals surface area contributed by atoms with Crippen molar-refractivity contribution in [3.05, 3.63) is 57.6 Å². The van der Waals surface area contributed by atoms with Gasteiger partial charge in [0.2, 0.25) is 0 Å². The van der Waals surface area contributed by atoms with Crippen molar-refractivity contribution in [2.24, 2.45) is 0 Å². The summed E-state index contributed by atoms with van der Waals surface area (Å²) in [7, 11) is 0. The first-order valence-corrected chi connectivity index (χ1v) is 5.65. The number of ketones is 1. The molecule has 0 unspecified atom stereocenters. The molecule has 15 heavy (non-hydrogen) atoms. The molecule has 2 nitrogen and oxygen atoms in total. The third kappa shape index (κ3) is 2.68. The average molecular weight is 312 g/mol. The lowest BCUT2D eigenvalue weighted by Gasteiger charge is -1.98. The quantitative estimate of drug-likeness (QED) is 0.643. The van der Waals surface area contributed by atoms with Gasteiger partial charge in [-0.3, -0.25) is 4.79 Å². The summed E-state index contributed by atoms with van der Waals surface area (Å²) in [4.78, 5) is 11.8. The maximum absolute atomic E-state index is 11.8. The van der Waals surface area contributed by atoms with Gasteiger partial charge in [-0.25, -0.2) is 0 Å². The number of furan rings is 1. The number of carbonyl (C=O) groups is 1. The van der Waals surface area contributed by atoms with Gasteiger partial charge in [0.25, 0.3) is 0 Å². The van der Waals surface area contributed by atoms with Crippen molar-refractivity contribution in [3.63, 3.8) is 0 Å². The van der Waals surface area contributed by atoms with E-state index in [4.69, 9.17) is 4.42 Å². The Morgan fingerprint density at radius 1 is 1.20 bits per heavy atom. The van der Waals surface area contributed by atoms with Crippen LogP contribution in [0.15, 0.2) is 47.1 Å². The Labute approximate surface area is 101 Å². The van der Waals surface area contributed by atoms with Crippen LogP contribution < -0.4 is 0 Å². The number of hydrogen-bond acceptors (Lipinski definition) is 2. The van der Waals surface area contributed by atoms with Crippen LogP contribution in [0.1, 0.15) is 16.1 Å². The first-order valence-electron chi connectivity index (χ1n) is 4.57. The smallest absolute Gasteiger partial charge is 0.170 e. The number of Topliss-reactive ketones (excluding diaryl/α,β-unsaturated/α-hetero) is 1. The Hall–Kier alpha value is -1.10. The predicted octanol–water partition coefficient (Wildman–Crippen LogP) is 3.31. The second kappa shape index (κ2) is 4.61. The lowest BCUT2D eigenvalue weighted by Crippen LogP contribution is -2.02. The maximum Gasteiger partial charge on any atom is 0.170 e. The van der Waals surface area contributed by atoms with E-state index in [1.165, 1.54) is 0 Å². The van der Waals surface area contributed by atoms with Gasteiger partial charge in [-0.2, -0.15) is 0 Å². The van der Waals surface area contributed by atoms with Crippen molar-refractivity contribution in [1.29, 1.82) is 0 Å². The zero-order chi connectivity index (χ0) is 10.7. The van der Waals surface area contributed by atoms with E-state index in [1.54, 1.807) is 12.3 Å². The summed E-state index contributed by atoms with van der Waals surface area (Å²) in [6, 6.07) is 11.1. The standard InChI is InChI=1S/C12H9IO2/c13-10-5-3-9(4-6-10)12(14)8-11-2-1-7-15-11/h1-7H,8H2. The van der Waals surface area contributed by atoms with Crippen molar-refractivity contribution in [1.82, 2.24) is 0 Å². The van der Waals surface area contributed by atoms with Crippen LogP contribution >= 0.6 is 22.6 Å². The predicted molar refractivity (Wildman–Crippen MR) is 65.9 cm³/mol. The monoisotopic (exact) mass is 312 g/mol. The zero-order valence-electron chi connectivity index (χ0n) is 7.94. The number of hydrogen-bond donors (Lipinski definition) is 0. The lowest BCUT2D eigenvalue weighted by atomic mass is 10.1. The van der Waals surface area contributed by atoms with Gasteiger partial charge in [0.05, 0.1) is 12.7 Å². The van der Waals surface area contributed by atoms with Crippen LogP contribution in [0.4, 0.5) is 0 Å². The lowest BCUT2D eigenvalue weighted by molar-refractivity contribution is 0.0987. The molecule has 0 aliphatic carbocycles. The van der Waals surface area contributed by atoms with Gasteiger partial charge in [0.15, 0.2) is 5.78 Å². The summed E-state index contributed by atoms with van der Waals surface area (Å²) in [6.07, 6.45) is 1.91. The van der Waals surface area contributed by atoms with Gasteiger partial charge in [0.1, 0.15) is 5.76 Å². The van der Waals surface area contributed by atoms with Crippen molar-refractivity contribution in [2.45, 2.75) is 6.42 Å². The van der Waals surface area contributed by atoms with Crippen LogP contribution in [0.3, 0.4) is 0 Å². The summed E-state index contributed by atoms with van der Waals surface area (Å²) in [6.45, 7) is 0. The minimum absolute atomic E-state index is 0.0846. The highest BCUT2D eigenvalue weighted by Gasteiger charge is 2.08. The molecular formula is C12H9IO2. The number of benzene rings is 1. The average Bonchev–Trinajstić information content (AvgIpc) is 2.71. The molecule has 2 aromatic rings. The Bertz CT molecular complexity index is 443. The normalized spacial score (nSPS) is 10.2. The van der Waals surface area contributed by atoms with Crippen molar-refractivity contribution in [2.75, 3.05) is 0 Å². The van der Waals surface area contributed by atoms with Gasteiger partial charge in [-0.15, -0.1) is 0 Å². The molecule has 0 aliphatic heterocycles. The number of halogens is 1. The molecule has 0 saturated carbocycles. The van der Waals surface area contributed by atoms with Gasteiger partial charge in [0, 0.05) is 9.13 Å². The van der Waals surface area contributed by atoms with Crippen LogP contribution in [0.25, 0.3) is 0 Å². The molecule has 1 heterocycles. The second-order valence-corrected chi connectivity index (χ2v) is 4.43. The van der Waals surface area contributed by atoms with E-state index in [9.17, 15) is 4.79 Å². The van der Waals surface area contributed by atoms with E-state index in [0.29, 0.717) is 12.2 Å². The maximum atomic E-state index is 11.8. The largest absolute Gasteiger partial charge is 0.469 e. The molecule has 0 atom stereocenters. The van der Waals surface area contributed by atoms with E-state index < -0.39 is 0 Å². The SMILES string of the molecule is O=C(Cc1ccco1)c1ccc(I)cc1. The summed E-state index contributed by atoms with van der Waals surface area (Å²) in [5.74, 6) is 0.792. The van der Waals surface area contributed by atoms with Crippen LogP contribution in [0.5, 0.6) is 0 Å². The highest BCUT2D eigenvalue weighted by molar-refractivity contribution is 14.1. The molecule has 2 rings (SSSR count). The minimum atomic E-state index is 0.0846. The fraction of sp³-hybridized carbons (Fsp3) is 0.0833. The highest BCUT2D eigenvalue weighted by atomic mass is 127. The molecule has 0 spiro atoms. The van der Waals surface area contributed by atoms with Crippen molar-refractivity contribution in [3.8, 4) is 0 Å². The summed E-state index contributed by atoms with van der Waals surface area (Å²) < 4.78 is 6.25. The zero-order valence-corrected chi connectivity index (χ0v) is 10.1. The minimum Gasteiger partial charge on any atom is -0.469 e. The topological polar surface area (TPSA) is 30.2 Å². The number of carbonyl (C=O) groups excluding carboxylic acids is 1. The van der Waals surface area contributed by atoms with Crippen LogP contribution in [-0.2, 0) is 6.42 Å². The van der Waals surface area contributed by atoms with Gasteiger partial charge in [-0.1, -0.05) is 12.1 Å². The Kier molecular flexibility index (Phi) is 3.20. The van der Waals surface area contributed by atoms with E-state index in [-0.39, 0.29) is 5.78 Å². The second-order valence-electron chi connectivity index (χ2n) is 3.19. The summed E-state index contributed by atoms with van der Waals surface area (Å²) in [5.41, 5.74) is 0.729. The van der Waals surface area contributed by atoms with Crippen LogP contribution in [0, 0.1) is 3.57 Å². The third-order valence-corrected chi connectivity index (χ3v) is 2.80. The molecule has 3 heteroatoms. The Morgan fingerprint density at radius 3 is 2.53 bits per heavy atom. The molecule has 0 amide bonds. The fourth-order valence-corrected chi connectivity index (χ4v) is 1.67. The fourth-order valence-electron chi connectivity index (χ4n) is 1.31. The van der Waals surface area contributed by atoms with Crippen LogP contribution in [0.2, 0.25) is 0 Å². The Balaban J connectivity index is 2.11.